The summed E-state index contributed by atoms with van der Waals surface area (Å²) < 4.78 is 10.6. The van der Waals surface area contributed by atoms with Crippen LogP contribution in [-0.2, 0) is 9.59 Å². The van der Waals surface area contributed by atoms with Crippen molar-refractivity contribution in [1.82, 2.24) is 4.98 Å². The minimum absolute atomic E-state index is 0.115. The van der Waals surface area contributed by atoms with E-state index in [0.29, 0.717) is 16.3 Å². The van der Waals surface area contributed by atoms with Gasteiger partial charge < -0.3 is 14.6 Å². The second-order valence-corrected chi connectivity index (χ2v) is 8.38. The van der Waals surface area contributed by atoms with E-state index in [1.165, 1.54) is 31.3 Å². The Morgan fingerprint density at radius 2 is 1.65 bits per heavy atom. The number of ether oxygens (including phenoxy) is 2. The van der Waals surface area contributed by atoms with E-state index in [9.17, 15) is 14.7 Å². The van der Waals surface area contributed by atoms with Gasteiger partial charge in [-0.25, -0.2) is 0 Å². The first-order valence-electron chi connectivity index (χ1n) is 10.2. The Morgan fingerprint density at radius 1 is 0.971 bits per heavy atom. The molecule has 174 valence electrons. The third kappa shape index (κ3) is 3.97. The molecule has 2 aromatic carbocycles. The van der Waals surface area contributed by atoms with Crippen LogP contribution in [0.25, 0.3) is 5.76 Å². The summed E-state index contributed by atoms with van der Waals surface area (Å²) in [6.45, 7) is 1.83. The predicted octanol–water partition coefficient (Wildman–Crippen LogP) is 5.34. The van der Waals surface area contributed by atoms with E-state index < -0.39 is 23.5 Å². The lowest BCUT2D eigenvalue weighted by Gasteiger charge is -2.26. The topological polar surface area (TPSA) is 89.0 Å². The van der Waals surface area contributed by atoms with Crippen LogP contribution in [0.3, 0.4) is 0 Å². The molecule has 0 aliphatic carbocycles. The van der Waals surface area contributed by atoms with Gasteiger partial charge in [-0.2, -0.15) is 0 Å². The van der Waals surface area contributed by atoms with Crippen molar-refractivity contribution in [1.29, 1.82) is 0 Å². The molecule has 2 heterocycles. The van der Waals surface area contributed by atoms with Gasteiger partial charge in [0.25, 0.3) is 11.7 Å². The summed E-state index contributed by atoms with van der Waals surface area (Å²) in [5.74, 6) is -1.60. The van der Waals surface area contributed by atoms with Crippen molar-refractivity contribution in [2.24, 2.45) is 0 Å². The summed E-state index contributed by atoms with van der Waals surface area (Å²) in [5, 5.41) is 12.1. The fourth-order valence-corrected chi connectivity index (χ4v) is 4.29. The van der Waals surface area contributed by atoms with Gasteiger partial charge in [0, 0.05) is 29.2 Å². The number of aliphatic hydroxyl groups is 1. The van der Waals surface area contributed by atoms with Crippen LogP contribution in [0.1, 0.15) is 22.7 Å². The summed E-state index contributed by atoms with van der Waals surface area (Å²) in [6.07, 6.45) is 3.09. The zero-order valence-corrected chi connectivity index (χ0v) is 20.0. The van der Waals surface area contributed by atoms with Crippen LogP contribution in [0.5, 0.6) is 11.5 Å². The van der Waals surface area contributed by atoms with E-state index in [4.69, 9.17) is 32.7 Å². The Bertz CT molecular complexity index is 1320. The Hall–Kier alpha value is -3.55. The third-order valence-electron chi connectivity index (χ3n) is 5.63. The summed E-state index contributed by atoms with van der Waals surface area (Å²) in [5.41, 5.74) is 1.85. The highest BCUT2D eigenvalue weighted by molar-refractivity contribution is 6.52. The largest absolute Gasteiger partial charge is 0.507 e. The van der Waals surface area contributed by atoms with Crippen molar-refractivity contribution in [3.05, 3.63) is 87.2 Å². The van der Waals surface area contributed by atoms with Crippen molar-refractivity contribution in [2.45, 2.75) is 13.0 Å². The van der Waals surface area contributed by atoms with Gasteiger partial charge in [0.15, 0.2) is 0 Å². The fraction of sp³-hybridized carbons (Fsp3) is 0.160. The quantitative estimate of drug-likeness (QED) is 0.290. The zero-order chi connectivity index (χ0) is 24.6. The fourth-order valence-electron chi connectivity index (χ4n) is 3.88. The second kappa shape index (κ2) is 9.37. The number of rotatable bonds is 5. The Kier molecular flexibility index (Phi) is 6.50. The number of carbonyl (C=O) groups excluding carboxylic acids is 2. The van der Waals surface area contributed by atoms with Crippen LogP contribution < -0.4 is 14.4 Å². The number of aliphatic hydroxyl groups excluding tert-OH is 1. The Morgan fingerprint density at radius 3 is 2.26 bits per heavy atom. The average Bonchev–Trinajstić information content (AvgIpc) is 3.11. The van der Waals surface area contributed by atoms with Gasteiger partial charge in [-0.15, -0.1) is 0 Å². The maximum atomic E-state index is 13.3. The maximum absolute atomic E-state index is 13.3. The molecule has 1 aromatic heterocycles. The van der Waals surface area contributed by atoms with Crippen molar-refractivity contribution in [2.75, 3.05) is 19.1 Å². The van der Waals surface area contributed by atoms with E-state index in [1.54, 1.807) is 42.7 Å². The molecule has 0 bridgehead atoms. The Labute approximate surface area is 206 Å². The lowest BCUT2D eigenvalue weighted by molar-refractivity contribution is -0.132. The molecule has 4 rings (SSSR count). The molecule has 1 N–H and O–H groups in total. The smallest absolute Gasteiger partial charge is 0.300 e. The molecule has 1 unspecified atom stereocenters. The van der Waals surface area contributed by atoms with Gasteiger partial charge in [0.1, 0.15) is 17.3 Å². The zero-order valence-electron chi connectivity index (χ0n) is 18.5. The van der Waals surface area contributed by atoms with E-state index in [-0.39, 0.29) is 27.7 Å². The number of aryl methyl sites for hydroxylation is 1. The number of methoxy groups -OCH3 is 2. The monoisotopic (exact) mass is 498 g/mol. The first-order valence-corrected chi connectivity index (χ1v) is 10.9. The number of benzene rings is 2. The van der Waals surface area contributed by atoms with Crippen molar-refractivity contribution >= 4 is 46.3 Å². The first-order chi connectivity index (χ1) is 16.3. The molecule has 34 heavy (non-hydrogen) atoms. The number of carbonyl (C=O) groups is 2. The lowest BCUT2D eigenvalue weighted by Crippen LogP contribution is -2.29. The van der Waals surface area contributed by atoms with Gasteiger partial charge in [0.2, 0.25) is 0 Å². The van der Waals surface area contributed by atoms with Crippen molar-refractivity contribution < 1.29 is 24.2 Å². The van der Waals surface area contributed by atoms with E-state index >= 15 is 0 Å². The number of Topliss-reactive ketones (excluding diaryl/α,β-unsaturated/α-hetero) is 1. The molecule has 1 saturated heterocycles. The van der Waals surface area contributed by atoms with Gasteiger partial charge in [-0.1, -0.05) is 29.3 Å². The number of amides is 1. The van der Waals surface area contributed by atoms with Crippen LogP contribution in [0.2, 0.25) is 10.0 Å². The first kappa shape index (κ1) is 23.6. The highest BCUT2D eigenvalue weighted by atomic mass is 35.5. The molecule has 9 heteroatoms. The molecule has 0 saturated carbocycles. The third-order valence-corrected chi connectivity index (χ3v) is 6.33. The minimum Gasteiger partial charge on any atom is -0.507 e. The Balaban J connectivity index is 1.99. The van der Waals surface area contributed by atoms with Gasteiger partial charge >= 0.3 is 0 Å². The normalized spacial score (nSPS) is 17.2. The summed E-state index contributed by atoms with van der Waals surface area (Å²) in [6, 6.07) is 10.4. The molecule has 1 atom stereocenters. The summed E-state index contributed by atoms with van der Waals surface area (Å²) >= 11 is 12.5. The summed E-state index contributed by atoms with van der Waals surface area (Å²) in [4.78, 5) is 31.9. The number of hydrogen-bond acceptors (Lipinski definition) is 6. The molecule has 7 nitrogen and oxygen atoms in total. The number of pyridine rings is 1. The number of nitrogens with zero attached hydrogens (tertiary/aromatic N) is 2. The van der Waals surface area contributed by atoms with Crippen molar-refractivity contribution in [3.63, 3.8) is 0 Å². The molecule has 1 aliphatic rings. The number of hydrogen-bond donors (Lipinski definition) is 1. The molecular weight excluding hydrogens is 479 g/mol. The molecule has 1 fully saturated rings. The molecule has 1 amide bonds. The average molecular weight is 499 g/mol. The molecule has 3 aromatic rings. The standard InChI is InChI=1S/C25H20Cl2N2O5/c1-13-4-5-15(10-17(13)26)29-22(14-6-8-28-9-7-14)21(24(31)25(29)32)23(30)16-11-20(34-3)18(27)12-19(16)33-2/h4-12,22,30H,1-3H3/b23-21+. The lowest BCUT2D eigenvalue weighted by atomic mass is 9.95. The number of anilines is 1. The molecule has 0 spiro atoms. The van der Waals surface area contributed by atoms with Crippen molar-refractivity contribution in [3.8, 4) is 11.5 Å². The van der Waals surface area contributed by atoms with E-state index in [0.717, 1.165) is 5.56 Å². The SMILES string of the molecule is COc1cc(/C(O)=C2\C(=O)C(=O)N(c3ccc(C)c(Cl)c3)C2c2ccncc2)c(OC)cc1Cl. The van der Waals surface area contributed by atoms with Gasteiger partial charge in [-0.05, 0) is 48.4 Å². The van der Waals surface area contributed by atoms with Crippen LogP contribution >= 0.6 is 23.2 Å². The molecular formula is C25H20Cl2N2O5. The van der Waals surface area contributed by atoms with E-state index in [2.05, 4.69) is 4.98 Å². The van der Waals surface area contributed by atoms with Gasteiger partial charge in [0.05, 0.1) is 36.4 Å². The molecule has 0 radical (unpaired) electrons. The van der Waals surface area contributed by atoms with Crippen LogP contribution in [0, 0.1) is 6.92 Å². The number of halogens is 2. The van der Waals surface area contributed by atoms with Crippen LogP contribution in [-0.4, -0.2) is 36.0 Å². The van der Waals surface area contributed by atoms with Crippen LogP contribution in [0.4, 0.5) is 5.69 Å². The highest BCUT2D eigenvalue weighted by Gasteiger charge is 2.47. The van der Waals surface area contributed by atoms with Crippen LogP contribution in [0.15, 0.2) is 60.4 Å². The predicted molar refractivity (Wildman–Crippen MR) is 130 cm³/mol. The highest BCUT2D eigenvalue weighted by Crippen LogP contribution is 2.45. The second-order valence-electron chi connectivity index (χ2n) is 7.57. The summed E-state index contributed by atoms with van der Waals surface area (Å²) in [7, 11) is 2.83. The number of aromatic nitrogens is 1. The van der Waals surface area contributed by atoms with Gasteiger partial charge in [-0.3, -0.25) is 19.5 Å². The number of ketones is 1. The maximum Gasteiger partial charge on any atom is 0.300 e. The molecule has 1 aliphatic heterocycles. The van der Waals surface area contributed by atoms with E-state index in [1.807, 2.05) is 6.92 Å². The minimum atomic E-state index is -0.937.